The summed E-state index contributed by atoms with van der Waals surface area (Å²) in [6, 6.07) is 44.2. The molecule has 0 aliphatic heterocycles. The molecule has 0 atom stereocenters. The summed E-state index contributed by atoms with van der Waals surface area (Å²) in [4.78, 5) is 2.27. The molecule has 0 aliphatic carbocycles. The van der Waals surface area contributed by atoms with E-state index in [-0.39, 0.29) is 0 Å². The predicted octanol–water partition coefficient (Wildman–Crippen LogP) is 14.6. The average molecular weight is 660 g/mol. The smallest absolute Gasteiger partial charge is 0.0408 e. The van der Waals surface area contributed by atoms with Crippen molar-refractivity contribution in [3.05, 3.63) is 155 Å². The molecule has 0 heterocycles. The Morgan fingerprint density at radius 3 is 1.16 bits per heavy atom. The van der Waals surface area contributed by atoms with Crippen LogP contribution in [0, 0.1) is 6.92 Å². The van der Waals surface area contributed by atoms with Crippen molar-refractivity contribution in [2.75, 3.05) is 11.9 Å². The summed E-state index contributed by atoms with van der Waals surface area (Å²) in [6.07, 6.45) is 25.2. The predicted molar refractivity (Wildman–Crippen MR) is 222 cm³/mol. The van der Waals surface area contributed by atoms with Gasteiger partial charge in [-0.15, -0.1) is 0 Å². The maximum atomic E-state index is 2.31. The molecule has 0 N–H and O–H groups in total. The van der Waals surface area contributed by atoms with Gasteiger partial charge in [-0.25, -0.2) is 0 Å². The minimum absolute atomic E-state index is 1.19. The van der Waals surface area contributed by atoms with Crippen LogP contribution in [-0.2, 0) is 6.42 Å². The Morgan fingerprint density at radius 2 is 0.740 bits per heavy atom. The van der Waals surface area contributed by atoms with Crippen molar-refractivity contribution in [2.24, 2.45) is 0 Å². The van der Waals surface area contributed by atoms with Gasteiger partial charge in [0.15, 0.2) is 0 Å². The van der Waals surface area contributed by atoms with E-state index in [2.05, 4.69) is 171 Å². The third-order valence-corrected chi connectivity index (χ3v) is 9.84. The van der Waals surface area contributed by atoms with Crippen LogP contribution in [0.3, 0.4) is 0 Å². The first-order chi connectivity index (χ1) is 24.6. The first-order valence-corrected chi connectivity index (χ1v) is 19.1. The molecule has 0 aliphatic rings. The van der Waals surface area contributed by atoms with Crippen molar-refractivity contribution in [3.63, 3.8) is 0 Å². The highest BCUT2D eigenvalue weighted by atomic mass is 15.1. The first kappa shape index (κ1) is 36.7. The minimum Gasteiger partial charge on any atom is -0.345 e. The maximum absolute atomic E-state index is 2.31. The van der Waals surface area contributed by atoms with Gasteiger partial charge in [0.05, 0.1) is 0 Å². The molecule has 0 saturated heterocycles. The molecular weight excluding hydrogens is 603 g/mol. The zero-order valence-electron chi connectivity index (χ0n) is 30.8. The molecule has 258 valence electrons. The van der Waals surface area contributed by atoms with E-state index >= 15 is 0 Å². The van der Waals surface area contributed by atoms with E-state index in [1.807, 2.05) is 0 Å². The molecule has 5 rings (SSSR count). The topological polar surface area (TPSA) is 3.24 Å². The number of rotatable bonds is 19. The monoisotopic (exact) mass is 659 g/mol. The van der Waals surface area contributed by atoms with E-state index in [0.29, 0.717) is 0 Å². The molecule has 5 aromatic rings. The van der Waals surface area contributed by atoms with Gasteiger partial charge in [-0.2, -0.15) is 0 Å². The van der Waals surface area contributed by atoms with Crippen LogP contribution in [0.5, 0.6) is 0 Å². The Kier molecular flexibility index (Phi) is 14.8. The second kappa shape index (κ2) is 20.1. The van der Waals surface area contributed by atoms with Crippen molar-refractivity contribution < 1.29 is 0 Å². The van der Waals surface area contributed by atoms with E-state index in [9.17, 15) is 0 Å². The molecule has 0 amide bonds. The van der Waals surface area contributed by atoms with E-state index in [1.165, 1.54) is 133 Å². The Bertz CT molecular complexity index is 1720. The van der Waals surface area contributed by atoms with Crippen LogP contribution in [-0.4, -0.2) is 7.05 Å². The molecule has 0 unspecified atom stereocenters. The number of aryl methyl sites for hydroxylation is 2. The zero-order valence-corrected chi connectivity index (χ0v) is 30.8. The maximum Gasteiger partial charge on any atom is 0.0408 e. The van der Waals surface area contributed by atoms with E-state index < -0.39 is 0 Å². The van der Waals surface area contributed by atoms with Crippen molar-refractivity contribution in [1.29, 1.82) is 0 Å². The van der Waals surface area contributed by atoms with Gasteiger partial charge in [0, 0.05) is 18.4 Å². The van der Waals surface area contributed by atoms with Crippen molar-refractivity contribution in [2.45, 2.75) is 90.9 Å². The molecular formula is C49H57N. The molecule has 0 bridgehead atoms. The summed E-state index contributed by atoms with van der Waals surface area (Å²) in [5.41, 5.74) is 12.4. The fourth-order valence-electron chi connectivity index (χ4n) is 6.47. The lowest BCUT2D eigenvalue weighted by Gasteiger charge is -2.20. The number of anilines is 2. The van der Waals surface area contributed by atoms with Crippen LogP contribution < -0.4 is 4.90 Å². The number of hydrogen-bond acceptors (Lipinski definition) is 1. The summed E-state index contributed by atoms with van der Waals surface area (Å²) in [7, 11) is 2.15. The molecule has 0 aromatic heterocycles. The van der Waals surface area contributed by atoms with Crippen LogP contribution >= 0.6 is 0 Å². The van der Waals surface area contributed by atoms with Crippen LogP contribution in [0.2, 0.25) is 0 Å². The fourth-order valence-corrected chi connectivity index (χ4v) is 6.47. The van der Waals surface area contributed by atoms with Gasteiger partial charge in [-0.3, -0.25) is 0 Å². The van der Waals surface area contributed by atoms with Gasteiger partial charge in [0.1, 0.15) is 0 Å². The Labute approximate surface area is 303 Å². The van der Waals surface area contributed by atoms with Crippen LogP contribution in [0.25, 0.3) is 35.4 Å². The van der Waals surface area contributed by atoms with E-state index in [0.717, 1.165) is 0 Å². The normalized spacial score (nSPS) is 11.5. The highest BCUT2D eigenvalue weighted by Crippen LogP contribution is 2.26. The molecule has 5 aromatic carbocycles. The molecule has 1 nitrogen and oxygen atoms in total. The van der Waals surface area contributed by atoms with Crippen LogP contribution in [0.15, 0.2) is 121 Å². The minimum atomic E-state index is 1.19. The Balaban J connectivity index is 1.04. The van der Waals surface area contributed by atoms with Gasteiger partial charge in [-0.05, 0) is 83.0 Å². The highest BCUT2D eigenvalue weighted by Gasteiger charge is 2.05. The average Bonchev–Trinajstić information content (AvgIpc) is 3.16. The molecule has 0 radical (unpaired) electrons. The quantitative estimate of drug-likeness (QED) is 0.0630. The summed E-state index contributed by atoms with van der Waals surface area (Å²) in [5.74, 6) is 0. The lowest BCUT2D eigenvalue weighted by atomic mass is 10.0. The van der Waals surface area contributed by atoms with Crippen molar-refractivity contribution in [3.8, 4) is 11.1 Å². The van der Waals surface area contributed by atoms with Crippen molar-refractivity contribution in [1.82, 2.24) is 0 Å². The third kappa shape index (κ3) is 12.1. The largest absolute Gasteiger partial charge is 0.345 e. The summed E-state index contributed by atoms with van der Waals surface area (Å²) < 4.78 is 0. The van der Waals surface area contributed by atoms with Gasteiger partial charge in [0.25, 0.3) is 0 Å². The standard InChI is InChI=1S/C49H57N/c1-4-5-6-7-8-9-10-11-12-13-14-15-41-28-36-48(37-29-41)50(3)49-38-30-45(31-39-49)23-22-44-26-34-47(35-27-44)46-32-24-43(25-33-46)21-20-42-18-16-40(2)17-19-42/h16-39H,4-15H2,1-3H3/b21-20+,23-22+. The third-order valence-electron chi connectivity index (χ3n) is 9.84. The summed E-state index contributed by atoms with van der Waals surface area (Å²) in [5, 5.41) is 0. The molecule has 50 heavy (non-hydrogen) atoms. The van der Waals surface area contributed by atoms with E-state index in [4.69, 9.17) is 0 Å². The zero-order chi connectivity index (χ0) is 34.8. The van der Waals surface area contributed by atoms with Gasteiger partial charge >= 0.3 is 0 Å². The van der Waals surface area contributed by atoms with Gasteiger partial charge < -0.3 is 4.90 Å². The Hall–Kier alpha value is -4.62. The molecule has 0 fully saturated rings. The summed E-state index contributed by atoms with van der Waals surface area (Å²) >= 11 is 0. The second-order valence-corrected chi connectivity index (χ2v) is 13.9. The SMILES string of the molecule is CCCCCCCCCCCCCc1ccc(N(C)c2ccc(/C=C/c3ccc(-c4ccc(/C=C/c5ccc(C)cc5)cc4)cc3)cc2)cc1. The Morgan fingerprint density at radius 1 is 0.400 bits per heavy atom. The van der Waals surface area contributed by atoms with Crippen LogP contribution in [0.4, 0.5) is 11.4 Å². The molecule has 0 saturated carbocycles. The van der Waals surface area contributed by atoms with Gasteiger partial charge in [0.2, 0.25) is 0 Å². The number of nitrogens with zero attached hydrogens (tertiary/aromatic N) is 1. The fraction of sp³-hybridized carbons (Fsp3) is 0.306. The van der Waals surface area contributed by atoms with E-state index in [1.54, 1.807) is 0 Å². The lowest BCUT2D eigenvalue weighted by molar-refractivity contribution is 0.549. The first-order valence-electron chi connectivity index (χ1n) is 19.1. The summed E-state index contributed by atoms with van der Waals surface area (Å²) in [6.45, 7) is 4.41. The van der Waals surface area contributed by atoms with Crippen molar-refractivity contribution >= 4 is 35.7 Å². The number of hydrogen-bond donors (Lipinski definition) is 0. The highest BCUT2D eigenvalue weighted by molar-refractivity contribution is 5.75. The molecule has 1 heteroatoms. The number of unbranched alkanes of at least 4 members (excludes halogenated alkanes) is 10. The lowest BCUT2D eigenvalue weighted by Crippen LogP contribution is -2.09. The second-order valence-electron chi connectivity index (χ2n) is 13.9. The molecule has 0 spiro atoms. The van der Waals surface area contributed by atoms with Crippen LogP contribution in [0.1, 0.15) is 111 Å². The van der Waals surface area contributed by atoms with Gasteiger partial charge in [-0.1, -0.05) is 198 Å². The number of benzene rings is 5.